The van der Waals surface area contributed by atoms with Crippen LogP contribution in [-0.2, 0) is 0 Å². The lowest BCUT2D eigenvalue weighted by atomic mass is 9.96. The number of ketones is 1. The van der Waals surface area contributed by atoms with Gasteiger partial charge in [0, 0.05) is 28.6 Å². The molecule has 0 N–H and O–H groups in total. The largest absolute Gasteiger partial charge is 0.339 e. The molecule has 1 aliphatic rings. The highest BCUT2D eigenvalue weighted by molar-refractivity contribution is 5.99. The topological polar surface area (TPSA) is 64.2 Å². The Morgan fingerprint density at radius 1 is 1.10 bits per heavy atom. The highest BCUT2D eigenvalue weighted by atomic mass is 16.5. The van der Waals surface area contributed by atoms with Gasteiger partial charge in [0.1, 0.15) is 0 Å². The zero-order chi connectivity index (χ0) is 20.5. The number of hydrogen-bond donors (Lipinski definition) is 0. The van der Waals surface area contributed by atoms with Crippen LogP contribution in [0.25, 0.3) is 5.69 Å². The van der Waals surface area contributed by atoms with E-state index in [1.807, 2.05) is 19.9 Å². The van der Waals surface area contributed by atoms with E-state index in [1.165, 1.54) is 5.56 Å². The summed E-state index contributed by atoms with van der Waals surface area (Å²) in [6.45, 7) is 10.2. The highest BCUT2D eigenvalue weighted by Crippen LogP contribution is 2.27. The maximum absolute atomic E-state index is 13.0. The number of rotatable bonds is 5. The van der Waals surface area contributed by atoms with E-state index in [4.69, 9.17) is 4.52 Å². The van der Waals surface area contributed by atoms with Gasteiger partial charge in [-0.2, -0.15) is 4.98 Å². The Kier molecular flexibility index (Phi) is 5.37. The van der Waals surface area contributed by atoms with Crippen molar-refractivity contribution in [2.24, 2.45) is 0 Å². The third kappa shape index (κ3) is 4.03. The number of likely N-dealkylation sites (tertiary alicyclic amines) is 1. The number of piperidine rings is 1. The number of aryl methyl sites for hydroxylation is 3. The number of benzene rings is 1. The first kappa shape index (κ1) is 19.6. The van der Waals surface area contributed by atoms with Gasteiger partial charge in [-0.1, -0.05) is 22.9 Å². The Balaban J connectivity index is 1.43. The first-order valence-electron chi connectivity index (χ1n) is 10.2. The SMILES string of the molecule is Cc1ccc(-n2c(C)cc(C(=O)CN3CCC(c4nc(C)no4)CC3)c2C)cc1. The van der Waals surface area contributed by atoms with Gasteiger partial charge in [-0.3, -0.25) is 9.69 Å². The number of carbonyl (C=O) groups is 1. The number of aromatic nitrogens is 3. The molecule has 1 saturated heterocycles. The summed E-state index contributed by atoms with van der Waals surface area (Å²) < 4.78 is 7.48. The monoisotopic (exact) mass is 392 g/mol. The molecular formula is C23H28N4O2. The van der Waals surface area contributed by atoms with Crippen molar-refractivity contribution >= 4 is 5.78 Å². The molecule has 6 heteroatoms. The van der Waals surface area contributed by atoms with E-state index >= 15 is 0 Å². The standard InChI is InChI=1S/C23H28N4O2/c1-15-5-7-20(8-6-15)27-16(2)13-21(17(27)3)22(28)14-26-11-9-19(10-12-26)23-24-18(4)25-29-23/h5-8,13,19H,9-12,14H2,1-4H3. The van der Waals surface area contributed by atoms with Crippen molar-refractivity contribution in [1.82, 2.24) is 19.6 Å². The quantitative estimate of drug-likeness (QED) is 0.610. The second-order valence-corrected chi connectivity index (χ2v) is 8.11. The molecule has 152 valence electrons. The van der Waals surface area contributed by atoms with Crippen molar-refractivity contribution < 1.29 is 9.32 Å². The van der Waals surface area contributed by atoms with Gasteiger partial charge in [-0.05, 0) is 71.8 Å². The smallest absolute Gasteiger partial charge is 0.229 e. The van der Waals surface area contributed by atoms with Gasteiger partial charge in [0.2, 0.25) is 5.89 Å². The molecule has 4 rings (SSSR count). The van der Waals surface area contributed by atoms with Crippen LogP contribution in [0.1, 0.15) is 57.8 Å². The van der Waals surface area contributed by atoms with Crippen LogP contribution in [0.3, 0.4) is 0 Å². The van der Waals surface area contributed by atoms with Crippen molar-refractivity contribution in [3.8, 4) is 5.69 Å². The Bertz CT molecular complexity index is 1010. The van der Waals surface area contributed by atoms with Crippen LogP contribution in [0.5, 0.6) is 0 Å². The first-order chi connectivity index (χ1) is 13.9. The molecule has 0 radical (unpaired) electrons. The number of hydrogen-bond acceptors (Lipinski definition) is 5. The minimum atomic E-state index is 0.184. The summed E-state index contributed by atoms with van der Waals surface area (Å²) in [6, 6.07) is 10.4. The lowest BCUT2D eigenvalue weighted by Gasteiger charge is -2.29. The van der Waals surface area contributed by atoms with Gasteiger partial charge in [-0.15, -0.1) is 0 Å². The van der Waals surface area contributed by atoms with Crippen LogP contribution in [0.2, 0.25) is 0 Å². The first-order valence-corrected chi connectivity index (χ1v) is 10.2. The van der Waals surface area contributed by atoms with Gasteiger partial charge < -0.3 is 9.09 Å². The van der Waals surface area contributed by atoms with Crippen molar-refractivity contribution in [2.75, 3.05) is 19.6 Å². The van der Waals surface area contributed by atoms with Crippen molar-refractivity contribution in [2.45, 2.75) is 46.5 Å². The molecule has 0 saturated carbocycles. The molecule has 0 atom stereocenters. The fraction of sp³-hybridized carbons (Fsp3) is 0.435. The summed E-state index contributed by atoms with van der Waals surface area (Å²) in [7, 11) is 0. The second-order valence-electron chi connectivity index (χ2n) is 8.11. The van der Waals surface area contributed by atoms with E-state index in [-0.39, 0.29) is 5.78 Å². The van der Waals surface area contributed by atoms with Crippen molar-refractivity contribution in [1.29, 1.82) is 0 Å². The maximum atomic E-state index is 13.0. The van der Waals surface area contributed by atoms with Gasteiger partial charge in [0.25, 0.3) is 0 Å². The summed E-state index contributed by atoms with van der Waals surface area (Å²) in [5.74, 6) is 1.90. The van der Waals surface area contributed by atoms with Crippen LogP contribution < -0.4 is 0 Å². The number of Topliss-reactive ketones (excluding diaryl/α,β-unsaturated/α-hetero) is 1. The van der Waals surface area contributed by atoms with Crippen LogP contribution in [0.4, 0.5) is 0 Å². The normalized spacial score (nSPS) is 15.7. The van der Waals surface area contributed by atoms with Gasteiger partial charge in [0.05, 0.1) is 6.54 Å². The predicted molar refractivity (Wildman–Crippen MR) is 112 cm³/mol. The molecule has 3 aromatic rings. The number of nitrogens with zero attached hydrogens (tertiary/aromatic N) is 4. The van der Waals surface area contributed by atoms with E-state index in [9.17, 15) is 4.79 Å². The minimum absolute atomic E-state index is 0.184. The third-order valence-electron chi connectivity index (χ3n) is 5.87. The Morgan fingerprint density at radius 2 is 1.79 bits per heavy atom. The molecule has 0 spiro atoms. The fourth-order valence-electron chi connectivity index (χ4n) is 4.24. The van der Waals surface area contributed by atoms with Crippen molar-refractivity contribution in [3.63, 3.8) is 0 Å². The molecule has 0 aliphatic carbocycles. The molecule has 3 heterocycles. The van der Waals surface area contributed by atoms with Crippen LogP contribution in [0, 0.1) is 27.7 Å². The van der Waals surface area contributed by atoms with E-state index in [2.05, 4.69) is 57.7 Å². The van der Waals surface area contributed by atoms with E-state index in [0.717, 1.165) is 54.5 Å². The molecule has 1 aliphatic heterocycles. The number of carbonyl (C=O) groups excluding carboxylic acids is 1. The molecule has 0 bridgehead atoms. The Hall–Kier alpha value is -2.73. The summed E-state index contributed by atoms with van der Waals surface area (Å²) in [5, 5.41) is 3.89. The van der Waals surface area contributed by atoms with E-state index < -0.39 is 0 Å². The molecule has 6 nitrogen and oxygen atoms in total. The highest BCUT2D eigenvalue weighted by Gasteiger charge is 2.27. The minimum Gasteiger partial charge on any atom is -0.339 e. The van der Waals surface area contributed by atoms with Gasteiger partial charge in [-0.25, -0.2) is 0 Å². The van der Waals surface area contributed by atoms with Gasteiger partial charge in [0.15, 0.2) is 11.6 Å². The fourth-order valence-corrected chi connectivity index (χ4v) is 4.24. The van der Waals surface area contributed by atoms with Crippen LogP contribution >= 0.6 is 0 Å². The molecule has 2 aromatic heterocycles. The molecule has 1 fully saturated rings. The van der Waals surface area contributed by atoms with Crippen LogP contribution in [0.15, 0.2) is 34.9 Å². The second kappa shape index (κ2) is 7.95. The Labute approximate surface area is 171 Å². The molecular weight excluding hydrogens is 364 g/mol. The van der Waals surface area contributed by atoms with Crippen molar-refractivity contribution in [3.05, 3.63) is 64.6 Å². The summed E-state index contributed by atoms with van der Waals surface area (Å²) in [5.41, 5.74) is 5.23. The molecule has 1 aromatic carbocycles. The van der Waals surface area contributed by atoms with E-state index in [0.29, 0.717) is 18.3 Å². The molecule has 0 amide bonds. The van der Waals surface area contributed by atoms with Gasteiger partial charge >= 0.3 is 0 Å². The lowest BCUT2D eigenvalue weighted by Crippen LogP contribution is -2.37. The Morgan fingerprint density at radius 3 is 2.41 bits per heavy atom. The zero-order valence-corrected chi connectivity index (χ0v) is 17.6. The summed E-state index contributed by atoms with van der Waals surface area (Å²) >= 11 is 0. The molecule has 29 heavy (non-hydrogen) atoms. The van der Waals surface area contributed by atoms with E-state index in [1.54, 1.807) is 0 Å². The predicted octanol–water partition coefficient (Wildman–Crippen LogP) is 4.16. The van der Waals surface area contributed by atoms with Crippen LogP contribution in [-0.4, -0.2) is 45.0 Å². The average Bonchev–Trinajstić information content (AvgIpc) is 3.26. The zero-order valence-electron chi connectivity index (χ0n) is 17.6. The molecule has 0 unspecified atom stereocenters. The average molecular weight is 393 g/mol. The summed E-state index contributed by atoms with van der Waals surface area (Å²) in [4.78, 5) is 19.6. The third-order valence-corrected chi connectivity index (χ3v) is 5.87. The maximum Gasteiger partial charge on any atom is 0.229 e. The lowest BCUT2D eigenvalue weighted by molar-refractivity contribution is 0.0904. The summed E-state index contributed by atoms with van der Waals surface area (Å²) in [6.07, 6.45) is 1.88.